The molecular weight excluding hydrogens is 462 g/mol. The molecule has 160 valence electrons. The number of hydrogen-bond donors (Lipinski definition) is 0. The summed E-state index contributed by atoms with van der Waals surface area (Å²) >= 11 is 3.42. The van der Waals surface area contributed by atoms with Crippen molar-refractivity contribution < 1.29 is 13.2 Å². The zero-order chi connectivity index (χ0) is 21.4. The molecule has 0 N–H and O–H groups in total. The highest BCUT2D eigenvalue weighted by Crippen LogP contribution is 2.34. The standard InChI is InChI=1S/C24H28BrNO3S/c1-24(2)14-13-20-15-19(9-12-23(20)29-24)17-26(21-5-3-4-6-21)30(27,28)22-10-7-18(16-25)8-11-22/h7-15,21H,3-6,16-17H2,1-2H3. The number of sulfonamides is 1. The fourth-order valence-corrected chi connectivity index (χ4v) is 6.24. The van der Waals surface area contributed by atoms with Crippen LogP contribution in [0.3, 0.4) is 0 Å². The highest BCUT2D eigenvalue weighted by Gasteiger charge is 2.33. The van der Waals surface area contributed by atoms with E-state index in [9.17, 15) is 8.42 Å². The van der Waals surface area contributed by atoms with Crippen molar-refractivity contribution in [1.29, 1.82) is 0 Å². The average molecular weight is 490 g/mol. The maximum absolute atomic E-state index is 13.6. The summed E-state index contributed by atoms with van der Waals surface area (Å²) < 4.78 is 34.9. The van der Waals surface area contributed by atoms with Gasteiger partial charge in [0.05, 0.1) is 4.90 Å². The predicted octanol–water partition coefficient (Wildman–Crippen LogP) is 5.90. The molecule has 30 heavy (non-hydrogen) atoms. The molecule has 0 atom stereocenters. The number of fused-ring (bicyclic) bond motifs is 1. The lowest BCUT2D eigenvalue weighted by Gasteiger charge is -2.30. The van der Waals surface area contributed by atoms with Gasteiger partial charge < -0.3 is 4.74 Å². The summed E-state index contributed by atoms with van der Waals surface area (Å²) in [7, 11) is -3.58. The fourth-order valence-electron chi connectivity index (χ4n) is 4.20. The van der Waals surface area contributed by atoms with E-state index in [1.165, 1.54) is 0 Å². The van der Waals surface area contributed by atoms with E-state index in [1.807, 2.05) is 50.3 Å². The lowest BCUT2D eigenvalue weighted by molar-refractivity contribution is 0.159. The molecule has 0 aromatic heterocycles. The smallest absolute Gasteiger partial charge is 0.243 e. The maximum atomic E-state index is 13.6. The van der Waals surface area contributed by atoms with Crippen LogP contribution < -0.4 is 4.74 Å². The minimum Gasteiger partial charge on any atom is -0.483 e. The molecular formula is C24H28BrNO3S. The van der Waals surface area contributed by atoms with Crippen molar-refractivity contribution in [1.82, 2.24) is 4.31 Å². The monoisotopic (exact) mass is 489 g/mol. The normalized spacial score (nSPS) is 18.4. The minimum atomic E-state index is -3.58. The van der Waals surface area contributed by atoms with Gasteiger partial charge in [-0.2, -0.15) is 4.31 Å². The SMILES string of the molecule is CC1(C)C=Cc2cc(CN(C3CCCC3)S(=O)(=O)c3ccc(CBr)cc3)ccc2O1. The van der Waals surface area contributed by atoms with E-state index in [0.29, 0.717) is 16.8 Å². The third kappa shape index (κ3) is 4.51. The summed E-state index contributed by atoms with van der Waals surface area (Å²) in [4.78, 5) is 0.363. The van der Waals surface area contributed by atoms with Crippen LogP contribution >= 0.6 is 15.9 Å². The van der Waals surface area contributed by atoms with Gasteiger partial charge in [0.1, 0.15) is 11.4 Å². The molecule has 6 heteroatoms. The highest BCUT2D eigenvalue weighted by molar-refractivity contribution is 9.08. The topological polar surface area (TPSA) is 46.6 Å². The lowest BCUT2D eigenvalue weighted by Crippen LogP contribution is -2.38. The van der Waals surface area contributed by atoms with E-state index in [0.717, 1.165) is 48.1 Å². The van der Waals surface area contributed by atoms with Gasteiger partial charge in [-0.15, -0.1) is 0 Å². The summed E-state index contributed by atoms with van der Waals surface area (Å²) in [5.41, 5.74) is 2.71. The Morgan fingerprint density at radius 3 is 2.40 bits per heavy atom. The second-order valence-corrected chi connectivity index (χ2v) is 11.1. The molecule has 4 nitrogen and oxygen atoms in total. The Labute approximate surface area is 188 Å². The Balaban J connectivity index is 1.65. The van der Waals surface area contributed by atoms with Gasteiger partial charge in [-0.1, -0.05) is 53.0 Å². The van der Waals surface area contributed by atoms with Crippen LogP contribution in [0.25, 0.3) is 6.08 Å². The van der Waals surface area contributed by atoms with Crippen LogP contribution in [-0.4, -0.2) is 24.4 Å². The highest BCUT2D eigenvalue weighted by atomic mass is 79.9. The number of alkyl halides is 1. The zero-order valence-corrected chi connectivity index (χ0v) is 19.9. The summed E-state index contributed by atoms with van der Waals surface area (Å²) in [6.45, 7) is 4.42. The Kier molecular flexibility index (Phi) is 6.11. The number of hydrogen-bond acceptors (Lipinski definition) is 3. The van der Waals surface area contributed by atoms with Crippen LogP contribution in [0.15, 0.2) is 53.4 Å². The molecule has 1 aliphatic heterocycles. The van der Waals surface area contributed by atoms with Crippen molar-refractivity contribution in [2.24, 2.45) is 0 Å². The van der Waals surface area contributed by atoms with Crippen molar-refractivity contribution >= 4 is 32.0 Å². The molecule has 0 radical (unpaired) electrons. The molecule has 0 saturated heterocycles. The quantitative estimate of drug-likeness (QED) is 0.474. The van der Waals surface area contributed by atoms with E-state index in [1.54, 1.807) is 16.4 Å². The fraction of sp³-hybridized carbons (Fsp3) is 0.417. The van der Waals surface area contributed by atoms with E-state index < -0.39 is 10.0 Å². The minimum absolute atomic E-state index is 0.0487. The van der Waals surface area contributed by atoms with E-state index in [4.69, 9.17) is 4.74 Å². The van der Waals surface area contributed by atoms with Crippen LogP contribution in [-0.2, 0) is 21.9 Å². The van der Waals surface area contributed by atoms with Gasteiger partial charge in [-0.3, -0.25) is 0 Å². The van der Waals surface area contributed by atoms with Crippen molar-refractivity contribution in [3.63, 3.8) is 0 Å². The first-order valence-corrected chi connectivity index (χ1v) is 13.0. The molecule has 1 fully saturated rings. The van der Waals surface area contributed by atoms with Gasteiger partial charge in [0.15, 0.2) is 0 Å². The van der Waals surface area contributed by atoms with Crippen LogP contribution in [0.5, 0.6) is 5.75 Å². The molecule has 2 aromatic carbocycles. The second-order valence-electron chi connectivity index (χ2n) is 8.68. The van der Waals surface area contributed by atoms with E-state index >= 15 is 0 Å². The number of benzene rings is 2. The summed E-state index contributed by atoms with van der Waals surface area (Å²) in [5.74, 6) is 0.840. The van der Waals surface area contributed by atoms with Crippen molar-refractivity contribution in [2.75, 3.05) is 0 Å². The van der Waals surface area contributed by atoms with Crippen molar-refractivity contribution in [3.8, 4) is 5.75 Å². The molecule has 0 amide bonds. The zero-order valence-electron chi connectivity index (χ0n) is 17.5. The largest absolute Gasteiger partial charge is 0.483 e. The summed E-state index contributed by atoms with van der Waals surface area (Å²) in [5, 5.41) is 0.710. The first-order chi connectivity index (χ1) is 14.3. The first kappa shape index (κ1) is 21.6. The predicted molar refractivity (Wildman–Crippen MR) is 124 cm³/mol. The molecule has 2 aromatic rings. The van der Waals surface area contributed by atoms with Crippen LogP contribution in [0.1, 0.15) is 56.2 Å². The summed E-state index contributed by atoms with van der Waals surface area (Å²) in [6, 6.07) is 13.2. The number of ether oxygens (including phenoxy) is 1. The first-order valence-electron chi connectivity index (χ1n) is 10.5. The van der Waals surface area contributed by atoms with E-state index in [2.05, 4.69) is 22.0 Å². The van der Waals surface area contributed by atoms with E-state index in [-0.39, 0.29) is 11.6 Å². The molecule has 1 aliphatic carbocycles. The molecule has 0 bridgehead atoms. The van der Waals surface area contributed by atoms with Gasteiger partial charge in [0.25, 0.3) is 0 Å². The Morgan fingerprint density at radius 1 is 1.07 bits per heavy atom. The van der Waals surface area contributed by atoms with Gasteiger partial charge in [-0.05, 0) is 68.2 Å². The van der Waals surface area contributed by atoms with Crippen molar-refractivity contribution in [2.45, 2.75) is 67.9 Å². The van der Waals surface area contributed by atoms with Crippen LogP contribution in [0, 0.1) is 0 Å². The number of rotatable bonds is 6. The molecule has 1 heterocycles. The van der Waals surface area contributed by atoms with Crippen LogP contribution in [0.4, 0.5) is 0 Å². The van der Waals surface area contributed by atoms with Gasteiger partial charge in [0.2, 0.25) is 10.0 Å². The maximum Gasteiger partial charge on any atom is 0.243 e. The Hall–Kier alpha value is -1.63. The van der Waals surface area contributed by atoms with Crippen LogP contribution in [0.2, 0.25) is 0 Å². The number of nitrogens with zero attached hydrogens (tertiary/aromatic N) is 1. The Bertz CT molecular complexity index is 1040. The molecule has 4 rings (SSSR count). The summed E-state index contributed by atoms with van der Waals surface area (Å²) in [6.07, 6.45) is 8.09. The van der Waals surface area contributed by atoms with Gasteiger partial charge >= 0.3 is 0 Å². The Morgan fingerprint density at radius 2 is 1.73 bits per heavy atom. The number of halogens is 1. The van der Waals surface area contributed by atoms with Crippen molar-refractivity contribution in [3.05, 3.63) is 65.2 Å². The molecule has 2 aliphatic rings. The molecule has 0 unspecified atom stereocenters. The third-order valence-electron chi connectivity index (χ3n) is 5.87. The molecule has 1 saturated carbocycles. The van der Waals surface area contributed by atoms with Gasteiger partial charge in [-0.25, -0.2) is 8.42 Å². The molecule has 0 spiro atoms. The average Bonchev–Trinajstić information content (AvgIpc) is 3.25. The van der Waals surface area contributed by atoms with Gasteiger partial charge in [0, 0.05) is 23.5 Å². The second kappa shape index (κ2) is 8.48. The third-order valence-corrected chi connectivity index (χ3v) is 8.43. The lowest BCUT2D eigenvalue weighted by atomic mass is 10.0.